The van der Waals surface area contributed by atoms with Crippen LogP contribution in [0.25, 0.3) is 0 Å². The molecule has 0 fully saturated rings. The minimum atomic E-state index is -0.0446. The lowest BCUT2D eigenvalue weighted by Gasteiger charge is -2.11. The molecule has 4 nitrogen and oxygen atoms in total. The molecule has 0 saturated heterocycles. The Hall–Kier alpha value is -1.88. The fraction of sp³-hybridized carbons (Fsp3) is 0.0833. The zero-order valence-electron chi connectivity index (χ0n) is 9.64. The molecule has 1 aromatic carbocycles. The fourth-order valence-corrected chi connectivity index (χ4v) is 1.63. The normalized spacial score (nSPS) is 10.1. The molecule has 0 spiro atoms. The maximum atomic E-state index is 11.5. The first-order valence-corrected chi connectivity index (χ1v) is 5.60. The van der Waals surface area contributed by atoms with Crippen LogP contribution in [-0.4, -0.2) is 23.6 Å². The number of benzene rings is 1. The van der Waals surface area contributed by atoms with Gasteiger partial charge in [0, 0.05) is 11.8 Å². The maximum Gasteiger partial charge on any atom is 0.224 e. The van der Waals surface area contributed by atoms with Crippen LogP contribution in [0.4, 0.5) is 11.5 Å². The van der Waals surface area contributed by atoms with E-state index in [4.69, 9.17) is 19.4 Å². The molecule has 2 rings (SSSR count). The third-order valence-corrected chi connectivity index (χ3v) is 2.53. The molecule has 1 N–H and O–H groups in total. The molecule has 6 heteroatoms. The number of halogens is 1. The number of para-hydroxylation sites is 1. The van der Waals surface area contributed by atoms with E-state index in [1.807, 2.05) is 6.07 Å². The smallest absolute Gasteiger partial charge is 0.224 e. The van der Waals surface area contributed by atoms with Gasteiger partial charge in [0.05, 0.1) is 5.69 Å². The number of Topliss-reactive ketones (excluding diaryl/α,β-unsaturated/α-hetero) is 1. The number of hydrogen-bond donors (Lipinski definition) is 1. The highest BCUT2D eigenvalue weighted by atomic mass is 35.5. The summed E-state index contributed by atoms with van der Waals surface area (Å²) >= 11 is 5.70. The highest BCUT2D eigenvalue weighted by molar-refractivity contribution is 6.36. The molecule has 1 heterocycles. The minimum Gasteiger partial charge on any atom is -0.340 e. The molecule has 0 saturated carbocycles. The lowest BCUT2D eigenvalue weighted by atomic mass is 9.99. The van der Waals surface area contributed by atoms with Crippen molar-refractivity contribution in [3.05, 3.63) is 41.3 Å². The van der Waals surface area contributed by atoms with E-state index in [-0.39, 0.29) is 11.1 Å². The SMILES string of the molecule is [B]c1cnc(Cl)nc1Nc1ccccc1C(C)=O. The van der Waals surface area contributed by atoms with Crippen LogP contribution in [0.5, 0.6) is 0 Å². The van der Waals surface area contributed by atoms with Crippen LogP contribution in [0, 0.1) is 0 Å². The van der Waals surface area contributed by atoms with Gasteiger partial charge in [0.25, 0.3) is 0 Å². The zero-order chi connectivity index (χ0) is 13.1. The molecule has 1 aromatic heterocycles. The van der Waals surface area contributed by atoms with Crippen molar-refractivity contribution < 1.29 is 4.79 Å². The zero-order valence-corrected chi connectivity index (χ0v) is 10.4. The predicted molar refractivity (Wildman–Crippen MR) is 72.2 cm³/mol. The van der Waals surface area contributed by atoms with Crippen molar-refractivity contribution in [3.63, 3.8) is 0 Å². The first kappa shape index (κ1) is 12.6. The molecule has 88 valence electrons. The summed E-state index contributed by atoms with van der Waals surface area (Å²) in [5.74, 6) is 0.334. The van der Waals surface area contributed by atoms with Gasteiger partial charge < -0.3 is 5.32 Å². The summed E-state index contributed by atoms with van der Waals surface area (Å²) in [6.07, 6.45) is 1.41. The van der Waals surface area contributed by atoms with E-state index in [9.17, 15) is 4.79 Å². The third kappa shape index (κ3) is 2.68. The maximum absolute atomic E-state index is 11.5. The Labute approximate surface area is 111 Å². The number of anilines is 2. The molecule has 2 radical (unpaired) electrons. The summed E-state index contributed by atoms with van der Waals surface area (Å²) in [4.78, 5) is 19.2. The van der Waals surface area contributed by atoms with Gasteiger partial charge in [-0.3, -0.25) is 4.79 Å². The van der Waals surface area contributed by atoms with Crippen molar-refractivity contribution in [2.75, 3.05) is 5.32 Å². The van der Waals surface area contributed by atoms with Crippen LogP contribution in [0.15, 0.2) is 30.5 Å². The average Bonchev–Trinajstić information content (AvgIpc) is 2.34. The average molecular weight is 257 g/mol. The molecule has 0 amide bonds. The van der Waals surface area contributed by atoms with E-state index in [1.165, 1.54) is 13.1 Å². The number of ketones is 1. The molecule has 0 atom stereocenters. The van der Waals surface area contributed by atoms with Crippen LogP contribution in [0.1, 0.15) is 17.3 Å². The molecule has 0 aliphatic carbocycles. The lowest BCUT2D eigenvalue weighted by Crippen LogP contribution is -2.14. The summed E-state index contributed by atoms with van der Waals surface area (Å²) in [6, 6.07) is 7.10. The summed E-state index contributed by atoms with van der Waals surface area (Å²) in [7, 11) is 5.73. The summed E-state index contributed by atoms with van der Waals surface area (Å²) < 4.78 is 0. The van der Waals surface area contributed by atoms with Crippen molar-refractivity contribution in [1.82, 2.24) is 9.97 Å². The molecule has 0 aliphatic heterocycles. The van der Waals surface area contributed by atoms with Gasteiger partial charge in [-0.15, -0.1) is 0 Å². The number of aromatic nitrogens is 2. The monoisotopic (exact) mass is 257 g/mol. The van der Waals surface area contributed by atoms with Gasteiger partial charge in [0.15, 0.2) is 5.78 Å². The molecule has 0 aliphatic rings. The van der Waals surface area contributed by atoms with E-state index >= 15 is 0 Å². The van der Waals surface area contributed by atoms with E-state index < -0.39 is 0 Å². The first-order chi connectivity index (χ1) is 8.58. The van der Waals surface area contributed by atoms with Gasteiger partial charge >= 0.3 is 0 Å². The van der Waals surface area contributed by atoms with E-state index in [2.05, 4.69) is 15.3 Å². The molecule has 18 heavy (non-hydrogen) atoms. The number of carbonyl (C=O) groups is 1. The van der Waals surface area contributed by atoms with Crippen molar-refractivity contribution in [2.24, 2.45) is 0 Å². The van der Waals surface area contributed by atoms with Crippen LogP contribution < -0.4 is 10.8 Å². The van der Waals surface area contributed by atoms with Crippen molar-refractivity contribution in [2.45, 2.75) is 6.92 Å². The Morgan fingerprint density at radius 1 is 1.39 bits per heavy atom. The molecular weight excluding hydrogens is 248 g/mol. The van der Waals surface area contributed by atoms with Crippen LogP contribution >= 0.6 is 11.6 Å². The topological polar surface area (TPSA) is 54.9 Å². The van der Waals surface area contributed by atoms with Gasteiger partial charge in [-0.05, 0) is 36.1 Å². The van der Waals surface area contributed by atoms with Crippen molar-refractivity contribution >= 4 is 42.2 Å². The van der Waals surface area contributed by atoms with Gasteiger partial charge in [-0.25, -0.2) is 9.97 Å². The molecular formula is C12H9BClN3O. The van der Waals surface area contributed by atoms with Crippen LogP contribution in [0.3, 0.4) is 0 Å². The molecule has 0 unspecified atom stereocenters. The van der Waals surface area contributed by atoms with Gasteiger partial charge in [0.1, 0.15) is 13.7 Å². The Morgan fingerprint density at radius 2 is 2.11 bits per heavy atom. The highest BCUT2D eigenvalue weighted by Gasteiger charge is 2.08. The van der Waals surface area contributed by atoms with E-state index in [0.29, 0.717) is 22.5 Å². The quantitative estimate of drug-likeness (QED) is 0.518. The lowest BCUT2D eigenvalue weighted by molar-refractivity contribution is 0.101. The third-order valence-electron chi connectivity index (χ3n) is 2.35. The Morgan fingerprint density at radius 3 is 2.83 bits per heavy atom. The van der Waals surface area contributed by atoms with Crippen molar-refractivity contribution in [3.8, 4) is 0 Å². The number of nitrogens with one attached hydrogen (secondary N) is 1. The summed E-state index contributed by atoms with van der Waals surface area (Å²) in [6.45, 7) is 1.50. The predicted octanol–water partition coefficient (Wildman–Crippen LogP) is 1.87. The largest absolute Gasteiger partial charge is 0.340 e. The fourth-order valence-electron chi connectivity index (χ4n) is 1.50. The second kappa shape index (κ2) is 5.18. The standard InChI is InChI=1S/C12H9BClN3O/c1-7(18)8-4-2-3-5-10(8)16-11-9(13)6-15-12(14)17-11/h2-6H,1H3,(H,15,16,17). The number of hydrogen-bond acceptors (Lipinski definition) is 4. The number of nitrogens with zero attached hydrogens (tertiary/aromatic N) is 2. The van der Waals surface area contributed by atoms with Gasteiger partial charge in [0.2, 0.25) is 5.28 Å². The second-order valence-corrected chi connectivity index (χ2v) is 4.01. The molecule has 2 aromatic rings. The van der Waals surface area contributed by atoms with E-state index in [0.717, 1.165) is 0 Å². The second-order valence-electron chi connectivity index (χ2n) is 3.67. The Kier molecular flexibility index (Phi) is 3.62. The summed E-state index contributed by atoms with van der Waals surface area (Å²) in [5, 5.41) is 3.07. The Balaban J connectivity index is 2.40. The van der Waals surface area contributed by atoms with Gasteiger partial charge in [-0.1, -0.05) is 12.1 Å². The summed E-state index contributed by atoms with van der Waals surface area (Å²) in [5.41, 5.74) is 1.55. The van der Waals surface area contributed by atoms with Crippen molar-refractivity contribution in [1.29, 1.82) is 0 Å². The minimum absolute atomic E-state index is 0.0446. The first-order valence-electron chi connectivity index (χ1n) is 5.23. The number of rotatable bonds is 3. The van der Waals surface area contributed by atoms with Crippen LogP contribution in [-0.2, 0) is 0 Å². The Bertz CT molecular complexity index is 604. The molecule has 0 bridgehead atoms. The van der Waals surface area contributed by atoms with E-state index in [1.54, 1.807) is 18.2 Å². The highest BCUT2D eigenvalue weighted by Crippen LogP contribution is 2.19. The van der Waals surface area contributed by atoms with Gasteiger partial charge in [-0.2, -0.15) is 0 Å². The number of carbonyl (C=O) groups excluding carboxylic acids is 1. The van der Waals surface area contributed by atoms with Crippen LogP contribution in [0.2, 0.25) is 5.28 Å².